The number of carbonyl (C=O) groups excluding carboxylic acids is 1. The fraction of sp³-hybridized carbons (Fsp3) is 0.105. The maximum atomic E-state index is 14.0. The monoisotopic (exact) mass is 386 g/mol. The average molecular weight is 386 g/mol. The Bertz CT molecular complexity index is 986. The number of carbonyl (C=O) groups is 1. The van der Waals surface area contributed by atoms with Gasteiger partial charge in [-0.1, -0.05) is 0 Å². The van der Waals surface area contributed by atoms with Crippen LogP contribution >= 0.6 is 0 Å². The number of benzene rings is 2. The second-order valence-electron chi connectivity index (χ2n) is 5.76. The number of rotatable bonds is 3. The third-order valence-corrected chi connectivity index (χ3v) is 3.91. The first-order chi connectivity index (χ1) is 13.3. The van der Waals surface area contributed by atoms with Gasteiger partial charge >= 0.3 is 0 Å². The first kappa shape index (κ1) is 20.7. The maximum Gasteiger partial charge on any atom is 0.277 e. The van der Waals surface area contributed by atoms with Crippen molar-refractivity contribution >= 4 is 40.0 Å². The number of hydrogen-bond donors (Lipinski definition) is 5. The summed E-state index contributed by atoms with van der Waals surface area (Å²) >= 11 is 0. The van der Waals surface area contributed by atoms with Crippen LogP contribution < -0.4 is 16.8 Å². The molecule has 146 valence electrons. The van der Waals surface area contributed by atoms with Gasteiger partial charge in [0.1, 0.15) is 17.3 Å². The summed E-state index contributed by atoms with van der Waals surface area (Å²) in [5, 5.41) is 18.7. The number of nitrogen functional groups attached to an aromatic ring is 1. The first-order valence-electron chi connectivity index (χ1n) is 8.14. The van der Waals surface area contributed by atoms with Crippen LogP contribution in [0.1, 0.15) is 5.56 Å². The molecule has 2 aromatic rings. The van der Waals surface area contributed by atoms with Crippen LogP contribution in [0.25, 0.3) is 5.57 Å². The van der Waals surface area contributed by atoms with Gasteiger partial charge in [0.05, 0.1) is 11.4 Å². The molecule has 0 aromatic heterocycles. The van der Waals surface area contributed by atoms with Crippen molar-refractivity contribution < 1.29 is 13.6 Å². The van der Waals surface area contributed by atoms with Gasteiger partial charge < -0.3 is 21.7 Å². The summed E-state index contributed by atoms with van der Waals surface area (Å²) in [6.07, 6.45) is 1.42. The fourth-order valence-corrected chi connectivity index (χ4v) is 2.57. The van der Waals surface area contributed by atoms with Crippen LogP contribution in [-0.4, -0.2) is 36.3 Å². The highest BCUT2D eigenvalue weighted by Crippen LogP contribution is 2.32. The Hall–Kier alpha value is -3.59. The van der Waals surface area contributed by atoms with E-state index in [1.807, 2.05) is 0 Å². The lowest BCUT2D eigenvalue weighted by molar-refractivity contribution is -0.120. The van der Waals surface area contributed by atoms with E-state index in [1.54, 1.807) is 18.2 Å². The topological polar surface area (TPSA) is 132 Å². The van der Waals surface area contributed by atoms with Crippen LogP contribution in [0.5, 0.6) is 0 Å². The zero-order valence-electron chi connectivity index (χ0n) is 15.3. The van der Waals surface area contributed by atoms with Crippen LogP contribution in [0.15, 0.2) is 42.6 Å². The molecule has 1 amide bonds. The fourth-order valence-electron chi connectivity index (χ4n) is 2.57. The third kappa shape index (κ3) is 4.04. The molecule has 0 saturated carbocycles. The number of anilines is 3. The van der Waals surface area contributed by atoms with E-state index in [0.717, 1.165) is 12.1 Å². The third-order valence-electron chi connectivity index (χ3n) is 3.91. The van der Waals surface area contributed by atoms with Crippen LogP contribution in [0.3, 0.4) is 0 Å². The Kier molecular flexibility index (Phi) is 6.22. The van der Waals surface area contributed by atoms with Gasteiger partial charge in [-0.25, -0.2) is 8.78 Å². The molecule has 9 heteroatoms. The Morgan fingerprint density at radius 2 is 1.64 bits per heavy atom. The van der Waals surface area contributed by atoms with E-state index in [9.17, 15) is 13.6 Å². The summed E-state index contributed by atoms with van der Waals surface area (Å²) in [5.41, 5.74) is 11.2. The molecule has 0 saturated heterocycles. The molecular weight excluding hydrogens is 366 g/mol. The van der Waals surface area contributed by atoms with Gasteiger partial charge in [-0.15, -0.1) is 0 Å². The van der Waals surface area contributed by atoms with Gasteiger partial charge in [-0.3, -0.25) is 15.6 Å². The van der Waals surface area contributed by atoms with Crippen molar-refractivity contribution in [1.82, 2.24) is 4.90 Å². The molecule has 0 radical (unpaired) electrons. The van der Waals surface area contributed by atoms with E-state index >= 15 is 0 Å². The SMILES string of the molecule is CN.CN1C=C(c2cc(N)ccc2Nc2ccc(F)cc2F)C(=N)C(=N)C1=O. The average Bonchev–Trinajstić information content (AvgIpc) is 2.68. The van der Waals surface area contributed by atoms with Gasteiger partial charge in [0.15, 0.2) is 0 Å². The molecule has 2 aromatic carbocycles. The van der Waals surface area contributed by atoms with Crippen molar-refractivity contribution in [3.05, 3.63) is 59.8 Å². The summed E-state index contributed by atoms with van der Waals surface area (Å²) in [4.78, 5) is 13.0. The Balaban J connectivity index is 0.00000136. The highest BCUT2D eigenvalue weighted by atomic mass is 19.1. The predicted octanol–water partition coefficient (Wildman–Crippen LogP) is 2.72. The van der Waals surface area contributed by atoms with E-state index in [2.05, 4.69) is 11.1 Å². The maximum absolute atomic E-state index is 14.0. The molecule has 0 atom stereocenters. The Morgan fingerprint density at radius 3 is 2.29 bits per heavy atom. The van der Waals surface area contributed by atoms with Crippen LogP contribution in [0, 0.1) is 22.5 Å². The molecule has 0 spiro atoms. The lowest BCUT2D eigenvalue weighted by Gasteiger charge is -2.24. The van der Waals surface area contributed by atoms with E-state index in [-0.39, 0.29) is 17.0 Å². The second-order valence-corrected chi connectivity index (χ2v) is 5.76. The Labute approximate surface area is 160 Å². The number of nitrogens with one attached hydrogen (secondary N) is 3. The summed E-state index contributed by atoms with van der Waals surface area (Å²) < 4.78 is 27.1. The molecule has 3 rings (SSSR count). The lowest BCUT2D eigenvalue weighted by atomic mass is 9.93. The minimum absolute atomic E-state index is 0.0415. The smallest absolute Gasteiger partial charge is 0.277 e. The normalized spacial score (nSPS) is 13.7. The predicted molar refractivity (Wildman–Crippen MR) is 107 cm³/mol. The number of halogens is 2. The number of hydrogen-bond acceptors (Lipinski definition) is 6. The molecule has 0 bridgehead atoms. The molecule has 28 heavy (non-hydrogen) atoms. The number of nitrogens with two attached hydrogens (primary N) is 2. The van der Waals surface area contributed by atoms with Gasteiger partial charge in [-0.05, 0) is 37.4 Å². The molecule has 7 nitrogen and oxygen atoms in total. The van der Waals surface area contributed by atoms with Crippen molar-refractivity contribution in [3.63, 3.8) is 0 Å². The van der Waals surface area contributed by atoms with Gasteiger partial charge in [0, 0.05) is 41.8 Å². The van der Waals surface area contributed by atoms with Crippen LogP contribution in [0.2, 0.25) is 0 Å². The van der Waals surface area contributed by atoms with Crippen LogP contribution in [-0.2, 0) is 4.79 Å². The number of allylic oxidation sites excluding steroid dienone is 1. The minimum atomic E-state index is -0.777. The number of amides is 1. The molecule has 1 heterocycles. The summed E-state index contributed by atoms with van der Waals surface area (Å²) in [7, 11) is 2.97. The summed E-state index contributed by atoms with van der Waals surface area (Å²) in [6, 6.07) is 7.85. The highest BCUT2D eigenvalue weighted by molar-refractivity contribution is 6.75. The quantitative estimate of drug-likeness (QED) is 0.519. The first-order valence-corrected chi connectivity index (χ1v) is 8.14. The van der Waals surface area contributed by atoms with Gasteiger partial charge in [0.25, 0.3) is 5.91 Å². The van der Waals surface area contributed by atoms with Crippen LogP contribution in [0.4, 0.5) is 25.8 Å². The zero-order chi connectivity index (χ0) is 21.0. The van der Waals surface area contributed by atoms with Crippen molar-refractivity contribution in [2.24, 2.45) is 5.73 Å². The van der Waals surface area contributed by atoms with Crippen molar-refractivity contribution in [2.45, 2.75) is 0 Å². The second kappa shape index (κ2) is 8.40. The largest absolute Gasteiger partial charge is 0.399 e. The van der Waals surface area contributed by atoms with Gasteiger partial charge in [-0.2, -0.15) is 0 Å². The molecule has 0 aliphatic carbocycles. The molecule has 7 N–H and O–H groups in total. The highest BCUT2D eigenvalue weighted by Gasteiger charge is 2.28. The van der Waals surface area contributed by atoms with Crippen molar-refractivity contribution in [1.29, 1.82) is 10.8 Å². The van der Waals surface area contributed by atoms with Crippen molar-refractivity contribution in [2.75, 3.05) is 25.1 Å². The van der Waals surface area contributed by atoms with E-state index in [1.165, 1.54) is 31.3 Å². The standard InChI is InChI=1S/C18H15F2N5O.CH5N/c1-25-8-12(16(22)17(23)18(25)26)11-7-10(21)3-5-14(11)24-15-4-2-9(19)6-13(15)20;1-2/h2-8,22-24H,21H2,1H3;2H2,1H3. The van der Waals surface area contributed by atoms with Gasteiger partial charge in [0.2, 0.25) is 0 Å². The molecule has 0 unspecified atom stereocenters. The minimum Gasteiger partial charge on any atom is -0.399 e. The number of nitrogens with zero attached hydrogens (tertiary/aromatic N) is 1. The van der Waals surface area contributed by atoms with E-state index < -0.39 is 23.3 Å². The molecule has 1 aliphatic rings. The molecule has 0 fully saturated rings. The lowest BCUT2D eigenvalue weighted by Crippen LogP contribution is -2.38. The zero-order valence-corrected chi connectivity index (χ0v) is 15.3. The molecular formula is C19H20F2N6O. The Morgan fingerprint density at radius 1 is 1.00 bits per heavy atom. The van der Waals surface area contributed by atoms with Crippen molar-refractivity contribution in [3.8, 4) is 0 Å². The summed E-state index contributed by atoms with van der Waals surface area (Å²) in [5.74, 6) is -2.07. The van der Waals surface area contributed by atoms with E-state index in [4.69, 9.17) is 16.6 Å². The molecule has 1 aliphatic heterocycles. The van der Waals surface area contributed by atoms with E-state index in [0.29, 0.717) is 16.9 Å². The summed E-state index contributed by atoms with van der Waals surface area (Å²) in [6.45, 7) is 0.